The van der Waals surface area contributed by atoms with E-state index < -0.39 is 5.54 Å². The van der Waals surface area contributed by atoms with Crippen LogP contribution in [0.5, 0.6) is 0 Å². The molecule has 6 heteroatoms. The molecule has 0 spiro atoms. The zero-order valence-corrected chi connectivity index (χ0v) is 12.8. The third kappa shape index (κ3) is 3.85. The maximum absolute atomic E-state index is 12.3. The Morgan fingerprint density at radius 2 is 1.88 bits per heavy atom. The molecule has 0 saturated carbocycles. The summed E-state index contributed by atoms with van der Waals surface area (Å²) < 4.78 is 1.59. The van der Waals surface area contributed by atoms with Gasteiger partial charge in [-0.15, -0.1) is 0 Å². The van der Waals surface area contributed by atoms with Crippen molar-refractivity contribution in [3.8, 4) is 0 Å². The largest absolute Gasteiger partial charge is 0.270 e. The number of rotatable bonds is 2. The second-order valence-corrected chi connectivity index (χ2v) is 6.24. The van der Waals surface area contributed by atoms with Gasteiger partial charge in [-0.3, -0.25) is 4.79 Å². The zero-order valence-electron chi connectivity index (χ0n) is 9.75. The topological polar surface area (TPSA) is 23.6 Å². The summed E-state index contributed by atoms with van der Waals surface area (Å²) in [6.45, 7) is 5.54. The second kappa shape index (κ2) is 5.57. The molecular weight excluding hydrogens is 327 g/mol. The van der Waals surface area contributed by atoms with E-state index in [0.717, 1.165) is 8.52 Å². The van der Waals surface area contributed by atoms with Crippen molar-refractivity contribution in [3.05, 3.63) is 34.3 Å². The molecule has 94 valence electrons. The highest BCUT2D eigenvalue weighted by Gasteiger charge is 2.31. The van der Waals surface area contributed by atoms with Crippen LogP contribution in [0.15, 0.2) is 28.7 Å². The summed E-state index contributed by atoms with van der Waals surface area (Å²) in [5.74, 6) is -0.260. The van der Waals surface area contributed by atoms with Crippen molar-refractivity contribution in [2.24, 2.45) is 0 Å². The summed E-state index contributed by atoms with van der Waals surface area (Å²) in [5, 5.41) is 1.28. The van der Waals surface area contributed by atoms with Crippen molar-refractivity contribution < 1.29 is 4.79 Å². The number of hydrogen-bond donors (Lipinski definition) is 0. The van der Waals surface area contributed by atoms with Crippen LogP contribution in [-0.2, 0) is 0 Å². The van der Waals surface area contributed by atoms with Crippen LogP contribution < -0.4 is 0 Å². The number of nitrogens with zero attached hydrogens (tertiary/aromatic N) is 2. The third-order valence-electron chi connectivity index (χ3n) is 2.05. The fraction of sp³-hybridized carbons (Fsp3) is 0.364. The lowest BCUT2D eigenvalue weighted by Crippen LogP contribution is -2.49. The van der Waals surface area contributed by atoms with Crippen LogP contribution in [0, 0.1) is 0 Å². The van der Waals surface area contributed by atoms with Gasteiger partial charge < -0.3 is 0 Å². The van der Waals surface area contributed by atoms with Gasteiger partial charge in [-0.2, -0.15) is 0 Å². The van der Waals surface area contributed by atoms with Crippen LogP contribution in [0.1, 0.15) is 31.1 Å². The summed E-state index contributed by atoms with van der Waals surface area (Å²) in [5.41, 5.74) is 0.00343. The van der Waals surface area contributed by atoms with Gasteiger partial charge >= 0.3 is 0 Å². The summed E-state index contributed by atoms with van der Waals surface area (Å²) in [6, 6.07) is 7.06. The van der Waals surface area contributed by atoms with Crippen molar-refractivity contribution >= 4 is 45.4 Å². The molecule has 3 nitrogen and oxygen atoms in total. The third-order valence-corrected chi connectivity index (χ3v) is 2.85. The molecule has 0 radical (unpaired) electrons. The molecular formula is C11H13BrCl2N2O. The fourth-order valence-electron chi connectivity index (χ4n) is 1.34. The summed E-state index contributed by atoms with van der Waals surface area (Å²) in [6.07, 6.45) is 0. The maximum Gasteiger partial charge on any atom is 0.270 e. The van der Waals surface area contributed by atoms with Gasteiger partial charge in [0.1, 0.15) is 0 Å². The van der Waals surface area contributed by atoms with Crippen molar-refractivity contribution in [3.63, 3.8) is 0 Å². The Morgan fingerprint density at radius 3 is 2.29 bits per heavy atom. The SMILES string of the molecule is CC(C)(C)N(C(=O)c1cccc(Br)c1)N(Cl)Cl. The molecule has 1 aromatic carbocycles. The summed E-state index contributed by atoms with van der Waals surface area (Å²) >= 11 is 14.7. The Balaban J connectivity index is 3.09. The summed E-state index contributed by atoms with van der Waals surface area (Å²) in [7, 11) is 0. The molecule has 0 aliphatic carbocycles. The van der Waals surface area contributed by atoms with E-state index in [4.69, 9.17) is 23.6 Å². The minimum absolute atomic E-state index is 0.260. The predicted octanol–water partition coefficient (Wildman–Crippen LogP) is 4.21. The van der Waals surface area contributed by atoms with Gasteiger partial charge in [0.05, 0.1) is 5.54 Å². The predicted molar refractivity (Wildman–Crippen MR) is 73.6 cm³/mol. The smallest absolute Gasteiger partial charge is 0.268 e. The van der Waals surface area contributed by atoms with Gasteiger partial charge in [0.15, 0.2) is 0 Å². The lowest BCUT2D eigenvalue weighted by molar-refractivity contribution is 0.0244. The Morgan fingerprint density at radius 1 is 1.29 bits per heavy atom. The Kier molecular flexibility index (Phi) is 4.84. The van der Waals surface area contributed by atoms with E-state index in [1.807, 2.05) is 26.8 Å². The average Bonchev–Trinajstić information content (AvgIpc) is 2.14. The molecule has 0 heterocycles. The Labute approximate surface area is 120 Å². The summed E-state index contributed by atoms with van der Waals surface area (Å²) in [4.78, 5) is 12.3. The number of benzene rings is 1. The van der Waals surface area contributed by atoms with Crippen LogP contribution in [0.3, 0.4) is 0 Å². The van der Waals surface area contributed by atoms with Gasteiger partial charge in [-0.05, 0) is 43.0 Å². The van der Waals surface area contributed by atoms with Crippen molar-refractivity contribution in [2.45, 2.75) is 26.3 Å². The van der Waals surface area contributed by atoms with Gasteiger partial charge in [0, 0.05) is 33.6 Å². The molecule has 0 aliphatic rings. The molecule has 0 bridgehead atoms. The van der Waals surface area contributed by atoms with E-state index in [9.17, 15) is 4.79 Å². The molecule has 0 fully saturated rings. The lowest BCUT2D eigenvalue weighted by Gasteiger charge is -2.36. The second-order valence-electron chi connectivity index (χ2n) is 4.51. The monoisotopic (exact) mass is 338 g/mol. The van der Waals surface area contributed by atoms with Crippen LogP contribution in [0.4, 0.5) is 0 Å². The molecule has 17 heavy (non-hydrogen) atoms. The first kappa shape index (κ1) is 14.8. The van der Waals surface area contributed by atoms with Crippen LogP contribution in [0.2, 0.25) is 0 Å². The number of amides is 1. The maximum atomic E-state index is 12.3. The minimum atomic E-state index is -0.511. The van der Waals surface area contributed by atoms with Gasteiger partial charge in [0.25, 0.3) is 5.91 Å². The minimum Gasteiger partial charge on any atom is -0.268 e. The number of hydrogen-bond acceptors (Lipinski definition) is 2. The normalized spacial score (nSPS) is 11.7. The molecule has 1 rings (SSSR count). The fourth-order valence-corrected chi connectivity index (χ4v) is 2.33. The zero-order chi connectivity index (χ0) is 13.2. The number of carbonyl (C=O) groups excluding carboxylic acids is 1. The quantitative estimate of drug-likeness (QED) is 0.595. The van der Waals surface area contributed by atoms with Crippen LogP contribution in [0.25, 0.3) is 0 Å². The van der Waals surface area contributed by atoms with E-state index >= 15 is 0 Å². The molecule has 0 aliphatic heterocycles. The molecule has 0 atom stereocenters. The number of hydrazine groups is 1. The Bertz CT molecular complexity index is 418. The van der Waals surface area contributed by atoms with Crippen molar-refractivity contribution in [1.82, 2.24) is 9.06 Å². The highest BCUT2D eigenvalue weighted by molar-refractivity contribution is 9.10. The Hall–Kier alpha value is -0.290. The van der Waals surface area contributed by atoms with Crippen molar-refractivity contribution in [2.75, 3.05) is 0 Å². The van der Waals surface area contributed by atoms with E-state index in [1.54, 1.807) is 18.2 Å². The standard InChI is InChI=1S/C11H13BrCl2N2O/c1-11(2,3)15(16(13)14)10(17)8-5-4-6-9(12)7-8/h4-7H,1-3H3. The average molecular weight is 340 g/mol. The van der Waals surface area contributed by atoms with Gasteiger partial charge in [-0.1, -0.05) is 22.0 Å². The first-order chi connectivity index (χ1) is 7.73. The van der Waals surface area contributed by atoms with Crippen molar-refractivity contribution in [1.29, 1.82) is 0 Å². The van der Waals surface area contributed by atoms with Crippen LogP contribution in [-0.4, -0.2) is 20.5 Å². The first-order valence-electron chi connectivity index (χ1n) is 4.95. The van der Waals surface area contributed by atoms with E-state index in [0.29, 0.717) is 5.56 Å². The van der Waals surface area contributed by atoms with E-state index in [1.165, 1.54) is 5.01 Å². The molecule has 0 saturated heterocycles. The van der Waals surface area contributed by atoms with E-state index in [-0.39, 0.29) is 5.91 Å². The number of halogens is 3. The molecule has 0 N–H and O–H groups in total. The number of carbonyl (C=O) groups is 1. The highest BCUT2D eigenvalue weighted by Crippen LogP contribution is 2.24. The lowest BCUT2D eigenvalue weighted by atomic mass is 10.1. The van der Waals surface area contributed by atoms with E-state index in [2.05, 4.69) is 15.9 Å². The van der Waals surface area contributed by atoms with Crippen LogP contribution >= 0.6 is 39.5 Å². The molecule has 1 amide bonds. The van der Waals surface area contributed by atoms with Gasteiger partial charge in [-0.25, -0.2) is 5.01 Å². The molecule has 0 unspecified atom stereocenters. The first-order valence-corrected chi connectivity index (χ1v) is 6.42. The molecule has 0 aromatic heterocycles. The molecule has 1 aromatic rings. The van der Waals surface area contributed by atoms with Gasteiger partial charge in [0.2, 0.25) is 0 Å². The highest BCUT2D eigenvalue weighted by atomic mass is 79.9.